The lowest BCUT2D eigenvalue weighted by molar-refractivity contribution is -0.142. The van der Waals surface area contributed by atoms with Gasteiger partial charge in [0.1, 0.15) is 0 Å². The number of aliphatic imine (C=N–C) groups is 1. The quantitative estimate of drug-likeness (QED) is 0.500. The maximum Gasteiger partial charge on any atom is 0.307 e. The molecule has 5 heteroatoms. The first kappa shape index (κ1) is 17.3. The molecule has 0 aliphatic heterocycles. The predicted octanol–water partition coefficient (Wildman–Crippen LogP) is 2.62. The third-order valence-corrected chi connectivity index (χ3v) is 4.20. The number of aliphatic carboxylic acids is 1. The Balaban J connectivity index is 4.31. The molecule has 0 saturated carbocycles. The molecular weight excluding hydrogens is 248 g/mol. The highest BCUT2D eigenvalue weighted by Crippen LogP contribution is 2.24. The Morgan fingerprint density at radius 3 is 2.44 bits per heavy atom. The smallest absolute Gasteiger partial charge is 0.307 e. The van der Waals surface area contributed by atoms with E-state index in [9.17, 15) is 4.79 Å². The van der Waals surface area contributed by atoms with Crippen LogP contribution in [0.3, 0.4) is 0 Å². The number of hydrogen-bond acceptors (Lipinski definition) is 3. The second-order valence-corrected chi connectivity index (χ2v) is 6.25. The summed E-state index contributed by atoms with van der Waals surface area (Å²) in [6.07, 6.45) is 2.13. The van der Waals surface area contributed by atoms with E-state index in [0.29, 0.717) is 23.4 Å². The van der Waals surface area contributed by atoms with Crippen LogP contribution in [-0.2, 0) is 4.79 Å². The molecular formula is C13H26N2O2S. The summed E-state index contributed by atoms with van der Waals surface area (Å²) in [5, 5.41) is 9.51. The third kappa shape index (κ3) is 7.58. The molecule has 4 nitrogen and oxygen atoms in total. The van der Waals surface area contributed by atoms with Crippen LogP contribution in [0.25, 0.3) is 0 Å². The zero-order valence-corrected chi connectivity index (χ0v) is 12.7. The van der Waals surface area contributed by atoms with E-state index in [4.69, 9.17) is 10.8 Å². The molecule has 2 atom stereocenters. The van der Waals surface area contributed by atoms with Crippen LogP contribution in [0.1, 0.15) is 40.5 Å². The van der Waals surface area contributed by atoms with Crippen molar-refractivity contribution in [2.75, 3.05) is 12.3 Å². The van der Waals surface area contributed by atoms with Crippen LogP contribution in [0, 0.1) is 11.8 Å². The molecule has 0 amide bonds. The largest absolute Gasteiger partial charge is 0.481 e. The Kier molecular flexibility index (Phi) is 8.89. The average molecular weight is 274 g/mol. The first-order valence-corrected chi connectivity index (χ1v) is 7.54. The lowest BCUT2D eigenvalue weighted by atomic mass is 9.98. The fraction of sp³-hybridized carbons (Fsp3) is 0.846. The topological polar surface area (TPSA) is 75.7 Å². The van der Waals surface area contributed by atoms with Crippen LogP contribution in [0.4, 0.5) is 0 Å². The number of thioether (sulfide) groups is 1. The zero-order valence-electron chi connectivity index (χ0n) is 11.8. The summed E-state index contributed by atoms with van der Waals surface area (Å²) in [5.41, 5.74) is 5.54. The summed E-state index contributed by atoms with van der Waals surface area (Å²) in [4.78, 5) is 15.4. The summed E-state index contributed by atoms with van der Waals surface area (Å²) in [5.74, 6) is 0.424. The minimum Gasteiger partial charge on any atom is -0.481 e. The number of nitrogens with zero attached hydrogens (tertiary/aromatic N) is 1. The summed E-state index contributed by atoms with van der Waals surface area (Å²) in [7, 11) is 0. The van der Waals surface area contributed by atoms with E-state index in [2.05, 4.69) is 11.9 Å². The Bertz CT molecular complexity index is 276. The molecule has 0 heterocycles. The number of amidine groups is 1. The molecule has 0 rings (SSSR count). The molecule has 0 fully saturated rings. The predicted molar refractivity (Wildman–Crippen MR) is 79.3 cm³/mol. The van der Waals surface area contributed by atoms with Crippen molar-refractivity contribution in [1.82, 2.24) is 0 Å². The lowest BCUT2D eigenvalue weighted by Crippen LogP contribution is -2.24. The first-order chi connectivity index (χ1) is 8.38. The van der Waals surface area contributed by atoms with E-state index >= 15 is 0 Å². The molecule has 0 bridgehead atoms. The van der Waals surface area contributed by atoms with E-state index in [1.54, 1.807) is 18.7 Å². The molecule has 0 aliphatic carbocycles. The van der Waals surface area contributed by atoms with Crippen molar-refractivity contribution in [1.29, 1.82) is 0 Å². The van der Waals surface area contributed by atoms with E-state index in [-0.39, 0.29) is 11.8 Å². The van der Waals surface area contributed by atoms with E-state index < -0.39 is 5.97 Å². The maximum atomic E-state index is 11.1. The second-order valence-electron chi connectivity index (χ2n) is 4.91. The summed E-state index contributed by atoms with van der Waals surface area (Å²) >= 11 is 1.71. The molecule has 0 spiro atoms. The van der Waals surface area contributed by atoms with Gasteiger partial charge < -0.3 is 10.8 Å². The molecule has 18 heavy (non-hydrogen) atoms. The molecule has 0 aliphatic rings. The van der Waals surface area contributed by atoms with Crippen LogP contribution in [0.5, 0.6) is 0 Å². The van der Waals surface area contributed by atoms with Crippen LogP contribution in [0.2, 0.25) is 0 Å². The molecule has 3 N–H and O–H groups in total. The van der Waals surface area contributed by atoms with Crippen LogP contribution >= 0.6 is 11.8 Å². The minimum absolute atomic E-state index is 0.164. The van der Waals surface area contributed by atoms with Gasteiger partial charge in [-0.3, -0.25) is 9.79 Å². The van der Waals surface area contributed by atoms with Gasteiger partial charge in [0.2, 0.25) is 0 Å². The Labute approximate surface area is 114 Å². The number of carboxylic acids is 1. The fourth-order valence-electron chi connectivity index (χ4n) is 1.58. The lowest BCUT2D eigenvalue weighted by Gasteiger charge is -2.19. The van der Waals surface area contributed by atoms with E-state index in [1.807, 2.05) is 13.8 Å². The first-order valence-electron chi connectivity index (χ1n) is 6.49. The van der Waals surface area contributed by atoms with Crippen molar-refractivity contribution in [3.05, 3.63) is 0 Å². The monoisotopic (exact) mass is 274 g/mol. The van der Waals surface area contributed by atoms with Crippen molar-refractivity contribution < 1.29 is 9.90 Å². The summed E-state index contributed by atoms with van der Waals surface area (Å²) in [6.45, 7) is 8.50. The van der Waals surface area contributed by atoms with Gasteiger partial charge in [0, 0.05) is 11.0 Å². The normalized spacial score (nSPS) is 15.7. The molecule has 0 saturated heterocycles. The number of hydrogen-bond donors (Lipinski definition) is 2. The van der Waals surface area contributed by atoms with E-state index in [0.717, 1.165) is 12.8 Å². The van der Waals surface area contributed by atoms with Crippen molar-refractivity contribution in [2.24, 2.45) is 22.6 Å². The highest BCUT2D eigenvalue weighted by Gasteiger charge is 2.22. The number of rotatable bonds is 9. The van der Waals surface area contributed by atoms with Crippen molar-refractivity contribution in [3.8, 4) is 0 Å². The fourth-order valence-corrected chi connectivity index (χ4v) is 3.17. The van der Waals surface area contributed by atoms with Crippen LogP contribution in [-0.4, -0.2) is 34.5 Å². The standard InChI is InChI=1S/C13H26N2O2S/c1-5-6-11(7-15-10(4)14)18-8-12(9(2)3)13(16)17/h9,11-12H,5-8H2,1-4H3,(H2,14,15)(H,16,17). The SMILES string of the molecule is CCCC(CN=C(C)N)SCC(C(=O)O)C(C)C. The van der Waals surface area contributed by atoms with Gasteiger partial charge in [-0.05, 0) is 19.3 Å². The van der Waals surface area contributed by atoms with Crippen LogP contribution in [0.15, 0.2) is 4.99 Å². The highest BCUT2D eigenvalue weighted by molar-refractivity contribution is 7.99. The van der Waals surface area contributed by atoms with Gasteiger partial charge in [-0.15, -0.1) is 0 Å². The summed E-state index contributed by atoms with van der Waals surface area (Å²) < 4.78 is 0. The molecule has 0 aromatic rings. The summed E-state index contributed by atoms with van der Waals surface area (Å²) in [6, 6.07) is 0. The van der Waals surface area contributed by atoms with Crippen LogP contribution < -0.4 is 5.73 Å². The number of carboxylic acid groups (broad SMARTS) is 1. The van der Waals surface area contributed by atoms with Crippen molar-refractivity contribution in [3.63, 3.8) is 0 Å². The Morgan fingerprint density at radius 1 is 1.44 bits per heavy atom. The molecule has 0 aromatic heterocycles. The van der Waals surface area contributed by atoms with E-state index in [1.165, 1.54) is 0 Å². The Morgan fingerprint density at radius 2 is 2.06 bits per heavy atom. The molecule has 106 valence electrons. The zero-order chi connectivity index (χ0) is 14.1. The van der Waals surface area contributed by atoms with Gasteiger partial charge >= 0.3 is 5.97 Å². The molecule has 0 aromatic carbocycles. The Hall–Kier alpha value is -0.710. The maximum absolute atomic E-state index is 11.1. The van der Waals surface area contributed by atoms with Gasteiger partial charge in [0.25, 0.3) is 0 Å². The van der Waals surface area contributed by atoms with Gasteiger partial charge in [-0.1, -0.05) is 27.2 Å². The molecule has 0 radical (unpaired) electrons. The average Bonchev–Trinajstić information content (AvgIpc) is 2.24. The van der Waals surface area contributed by atoms with Crippen molar-refractivity contribution >= 4 is 23.6 Å². The van der Waals surface area contributed by atoms with Gasteiger partial charge in [-0.2, -0.15) is 11.8 Å². The van der Waals surface area contributed by atoms with Gasteiger partial charge in [0.15, 0.2) is 0 Å². The number of nitrogens with two attached hydrogens (primary N) is 1. The second kappa shape index (κ2) is 9.25. The molecule has 2 unspecified atom stereocenters. The van der Waals surface area contributed by atoms with Crippen molar-refractivity contribution in [2.45, 2.75) is 45.8 Å². The van der Waals surface area contributed by atoms with Gasteiger partial charge in [-0.25, -0.2) is 0 Å². The highest BCUT2D eigenvalue weighted by atomic mass is 32.2. The minimum atomic E-state index is -0.703. The third-order valence-electron chi connectivity index (χ3n) is 2.79. The number of carbonyl (C=O) groups is 1. The van der Waals surface area contributed by atoms with Gasteiger partial charge in [0.05, 0.1) is 18.3 Å².